The molecule has 2 heterocycles. The molecule has 0 amide bonds. The van der Waals surface area contributed by atoms with Gasteiger partial charge in [-0.15, -0.1) is 0 Å². The second-order valence-corrected chi connectivity index (χ2v) is 26.1. The van der Waals surface area contributed by atoms with Crippen LogP contribution in [0.25, 0.3) is 21.5 Å². The SMILES string of the molecule is CO[Si](C)(CCCOC1=C(/C=C/C2=[N+](C)c3ccc4ccccc4c3C2(C)C)CCCC1=C/C=C1/N(C)c2ccc3ccccc3c2C1(C)C)O[Si](C)(C)C. The summed E-state index contributed by atoms with van der Waals surface area (Å²) < 4.78 is 22.0. The van der Waals surface area contributed by atoms with E-state index in [0.29, 0.717) is 6.61 Å². The average Bonchev–Trinajstić information content (AvgIpc) is 3.47. The first-order chi connectivity index (χ1) is 26.1. The molecule has 1 aliphatic carbocycles. The van der Waals surface area contributed by atoms with Crippen molar-refractivity contribution in [1.29, 1.82) is 0 Å². The molecule has 0 bridgehead atoms. The number of nitrogens with zero attached hydrogens (tertiary/aromatic N) is 2. The minimum absolute atomic E-state index is 0.149. The van der Waals surface area contributed by atoms with Crippen LogP contribution in [0.5, 0.6) is 0 Å². The van der Waals surface area contributed by atoms with Gasteiger partial charge in [-0.25, -0.2) is 0 Å². The predicted octanol–water partition coefficient (Wildman–Crippen LogP) is 12.2. The lowest BCUT2D eigenvalue weighted by molar-refractivity contribution is -0.401. The highest BCUT2D eigenvalue weighted by molar-refractivity contribution is 6.81. The molecule has 4 aromatic rings. The normalized spacial score (nSPS) is 20.7. The van der Waals surface area contributed by atoms with E-state index in [4.69, 9.17) is 13.3 Å². The van der Waals surface area contributed by atoms with Gasteiger partial charge >= 0.3 is 8.56 Å². The van der Waals surface area contributed by atoms with Gasteiger partial charge in [0.05, 0.1) is 12.0 Å². The molecule has 0 radical (unpaired) electrons. The van der Waals surface area contributed by atoms with Crippen molar-refractivity contribution in [2.24, 2.45) is 0 Å². The molecule has 3 aliphatic rings. The third kappa shape index (κ3) is 7.37. The average molecular weight is 770 g/mol. The Morgan fingerprint density at radius 3 is 2.11 bits per heavy atom. The van der Waals surface area contributed by atoms with Crippen molar-refractivity contribution in [2.45, 2.75) is 96.4 Å². The smallest absolute Gasteiger partial charge is 0.324 e. The molecule has 7 heteroatoms. The second kappa shape index (κ2) is 14.8. The standard InChI is InChI=1S/C48H61N2O3Si2/c1-47(2)42(49(5)40-28-24-34-18-12-14-22-38(34)44(40)47)30-26-36-20-16-21-37(46(36)52-32-17-33-55(11,51-7)53-54(8,9)10)27-31-43-48(3,4)45-39-23-15-13-19-35(39)25-29-41(45)50(43)6/h12-15,18-19,22-31H,16-17,20-21,32-33H2,1-11H3/q+1. The summed E-state index contributed by atoms with van der Waals surface area (Å²) in [5.41, 5.74) is 10.2. The molecular formula is C48H61N2O3Si2+. The molecule has 0 saturated heterocycles. The van der Waals surface area contributed by atoms with Crippen LogP contribution in [-0.2, 0) is 24.1 Å². The molecule has 0 aromatic heterocycles. The Labute approximate surface area is 332 Å². The zero-order chi connectivity index (χ0) is 39.3. The lowest BCUT2D eigenvalue weighted by atomic mass is 9.78. The first kappa shape index (κ1) is 39.2. The van der Waals surface area contributed by atoms with Crippen LogP contribution in [0.2, 0.25) is 32.2 Å². The maximum absolute atomic E-state index is 6.92. The molecule has 0 N–H and O–H groups in total. The molecule has 0 spiro atoms. The molecule has 288 valence electrons. The van der Waals surface area contributed by atoms with Crippen molar-refractivity contribution in [3.63, 3.8) is 0 Å². The van der Waals surface area contributed by atoms with Crippen molar-refractivity contribution in [3.05, 3.63) is 131 Å². The third-order valence-corrected chi connectivity index (χ3v) is 18.4. The van der Waals surface area contributed by atoms with E-state index in [1.165, 1.54) is 66.6 Å². The number of likely N-dealkylation sites (N-methyl/N-ethyl adjacent to an activating group) is 1. The Hall–Kier alpha value is -4.02. The Bertz CT molecular complexity index is 2310. The minimum Gasteiger partial charge on any atom is -0.493 e. The molecule has 1 atom stereocenters. The quantitative estimate of drug-likeness (QED) is 0.0864. The molecule has 1 unspecified atom stereocenters. The number of ether oxygens (including phenoxy) is 1. The number of fused-ring (bicyclic) bond motifs is 6. The minimum atomic E-state index is -2.28. The van der Waals surface area contributed by atoms with Gasteiger partial charge in [0.2, 0.25) is 5.69 Å². The highest BCUT2D eigenvalue weighted by atomic mass is 28.4. The lowest BCUT2D eigenvalue weighted by Gasteiger charge is -2.32. The largest absolute Gasteiger partial charge is 0.493 e. The molecule has 0 fully saturated rings. The fourth-order valence-electron chi connectivity index (χ4n) is 9.56. The fourth-order valence-corrected chi connectivity index (χ4v) is 16.5. The van der Waals surface area contributed by atoms with Crippen molar-refractivity contribution in [2.75, 3.05) is 32.7 Å². The Morgan fingerprint density at radius 1 is 0.782 bits per heavy atom. The van der Waals surface area contributed by atoms with E-state index in [9.17, 15) is 0 Å². The van der Waals surface area contributed by atoms with Crippen molar-refractivity contribution >= 4 is 55.5 Å². The number of hydrogen-bond acceptors (Lipinski definition) is 4. The van der Waals surface area contributed by atoms with E-state index in [1.807, 2.05) is 7.11 Å². The number of allylic oxidation sites excluding steroid dienone is 7. The number of rotatable bonds is 11. The summed E-state index contributed by atoms with van der Waals surface area (Å²) in [4.78, 5) is 2.39. The van der Waals surface area contributed by atoms with Gasteiger partial charge in [-0.2, -0.15) is 4.58 Å². The van der Waals surface area contributed by atoms with Gasteiger partial charge in [0.25, 0.3) is 0 Å². The maximum atomic E-state index is 6.92. The van der Waals surface area contributed by atoms with Gasteiger partial charge in [0, 0.05) is 48.7 Å². The second-order valence-electron chi connectivity index (χ2n) is 17.9. The van der Waals surface area contributed by atoms with Gasteiger partial charge in [0.15, 0.2) is 14.0 Å². The first-order valence-electron chi connectivity index (χ1n) is 20.2. The van der Waals surface area contributed by atoms with Crippen LogP contribution in [0.4, 0.5) is 11.4 Å². The predicted molar refractivity (Wildman–Crippen MR) is 238 cm³/mol. The monoisotopic (exact) mass is 769 g/mol. The molecule has 4 aromatic carbocycles. The maximum Gasteiger partial charge on any atom is 0.324 e. The Kier molecular flexibility index (Phi) is 10.6. The first-order valence-corrected chi connectivity index (χ1v) is 26.1. The summed E-state index contributed by atoms with van der Waals surface area (Å²) in [6.07, 6.45) is 13.4. The molecule has 5 nitrogen and oxygen atoms in total. The zero-order valence-corrected chi connectivity index (χ0v) is 37.1. The van der Waals surface area contributed by atoms with Crippen LogP contribution in [0, 0.1) is 0 Å². The van der Waals surface area contributed by atoms with E-state index in [0.717, 1.165) is 37.5 Å². The van der Waals surface area contributed by atoms with Gasteiger partial charge in [0.1, 0.15) is 12.8 Å². The van der Waals surface area contributed by atoms with Crippen LogP contribution in [0.3, 0.4) is 0 Å². The summed E-state index contributed by atoms with van der Waals surface area (Å²) in [5, 5.41) is 5.24. The van der Waals surface area contributed by atoms with E-state index in [-0.39, 0.29) is 10.8 Å². The Morgan fingerprint density at radius 2 is 1.44 bits per heavy atom. The summed E-state index contributed by atoms with van der Waals surface area (Å²) in [5.74, 6) is 1.04. The fraction of sp³-hybridized carbons (Fsp3) is 0.396. The van der Waals surface area contributed by atoms with E-state index < -0.39 is 16.9 Å². The molecular weight excluding hydrogens is 709 g/mol. The van der Waals surface area contributed by atoms with Crippen molar-refractivity contribution < 1.29 is 17.9 Å². The summed E-state index contributed by atoms with van der Waals surface area (Å²) in [7, 11) is 2.23. The third-order valence-electron chi connectivity index (χ3n) is 12.1. The van der Waals surface area contributed by atoms with E-state index in [1.54, 1.807) is 0 Å². The van der Waals surface area contributed by atoms with Crippen LogP contribution < -0.4 is 4.90 Å². The van der Waals surface area contributed by atoms with Gasteiger partial charge in [-0.3, -0.25) is 0 Å². The van der Waals surface area contributed by atoms with E-state index in [2.05, 4.69) is 175 Å². The summed E-state index contributed by atoms with van der Waals surface area (Å²) in [6.45, 7) is 19.0. The van der Waals surface area contributed by atoms with Crippen LogP contribution in [0.1, 0.15) is 64.5 Å². The highest BCUT2D eigenvalue weighted by Gasteiger charge is 2.44. The number of benzene rings is 4. The molecule has 55 heavy (non-hydrogen) atoms. The highest BCUT2D eigenvalue weighted by Crippen LogP contribution is 2.50. The van der Waals surface area contributed by atoms with E-state index >= 15 is 0 Å². The summed E-state index contributed by atoms with van der Waals surface area (Å²) >= 11 is 0. The number of hydrogen-bond donors (Lipinski definition) is 0. The van der Waals surface area contributed by atoms with Crippen LogP contribution in [-0.4, -0.2) is 55.0 Å². The van der Waals surface area contributed by atoms with Crippen LogP contribution >= 0.6 is 0 Å². The Balaban J connectivity index is 1.24. The molecule has 2 aliphatic heterocycles. The van der Waals surface area contributed by atoms with Gasteiger partial charge < -0.3 is 18.2 Å². The van der Waals surface area contributed by atoms with Crippen LogP contribution in [0.15, 0.2) is 120 Å². The van der Waals surface area contributed by atoms with Crippen molar-refractivity contribution in [1.82, 2.24) is 0 Å². The van der Waals surface area contributed by atoms with Gasteiger partial charge in [-0.05, 0) is 134 Å². The lowest BCUT2D eigenvalue weighted by Crippen LogP contribution is -2.46. The number of anilines is 1. The molecule has 7 rings (SSSR count). The van der Waals surface area contributed by atoms with Crippen molar-refractivity contribution in [3.8, 4) is 0 Å². The summed E-state index contributed by atoms with van der Waals surface area (Å²) in [6, 6.07) is 27.6. The zero-order valence-electron chi connectivity index (χ0n) is 35.1. The molecule has 0 saturated carbocycles. The topological polar surface area (TPSA) is 33.9 Å². The van der Waals surface area contributed by atoms with Gasteiger partial charge in [-0.1, -0.05) is 74.5 Å².